The molecule has 1 saturated heterocycles. The Labute approximate surface area is 150 Å². The number of guanidine groups is 1. The summed E-state index contributed by atoms with van der Waals surface area (Å²) >= 11 is 0. The van der Waals surface area contributed by atoms with Crippen LogP contribution in [0.25, 0.3) is 0 Å². The van der Waals surface area contributed by atoms with Crippen molar-refractivity contribution in [2.24, 2.45) is 10.4 Å². The summed E-state index contributed by atoms with van der Waals surface area (Å²) in [6.45, 7) is 16.3. The van der Waals surface area contributed by atoms with Crippen molar-refractivity contribution in [2.75, 3.05) is 31.9 Å². The first-order valence-corrected chi connectivity index (χ1v) is 8.89. The highest BCUT2D eigenvalue weighted by Crippen LogP contribution is 2.28. The summed E-state index contributed by atoms with van der Waals surface area (Å²) in [5.41, 5.74) is 0.365. The molecule has 1 aliphatic heterocycles. The molecule has 1 rings (SSSR count). The fourth-order valence-electron chi connectivity index (χ4n) is 2.26. The van der Waals surface area contributed by atoms with E-state index in [2.05, 4.69) is 36.0 Å². The van der Waals surface area contributed by atoms with Gasteiger partial charge in [0, 0.05) is 40.9 Å². The van der Waals surface area contributed by atoms with Crippen LogP contribution < -0.4 is 5.32 Å². The highest BCUT2D eigenvalue weighted by Gasteiger charge is 2.30. The van der Waals surface area contributed by atoms with Crippen LogP contribution in [0, 0.1) is 5.41 Å². The minimum atomic E-state index is -0.828. The lowest BCUT2D eigenvalue weighted by atomic mass is 9.93. The molecular formula is C15H32IN3OS. The molecule has 0 bridgehead atoms. The lowest BCUT2D eigenvalue weighted by Gasteiger charge is -2.24. The van der Waals surface area contributed by atoms with Gasteiger partial charge in [-0.2, -0.15) is 0 Å². The zero-order valence-corrected chi connectivity index (χ0v) is 17.5. The second-order valence-corrected chi connectivity index (χ2v) is 9.56. The molecule has 1 fully saturated rings. The Bertz CT molecular complexity index is 378. The van der Waals surface area contributed by atoms with Crippen LogP contribution in [0.3, 0.4) is 0 Å². The first kappa shape index (κ1) is 21.1. The predicted octanol–water partition coefficient (Wildman–Crippen LogP) is 2.85. The highest BCUT2D eigenvalue weighted by molar-refractivity contribution is 14.0. The lowest BCUT2D eigenvalue weighted by Crippen LogP contribution is -2.41. The number of rotatable bonds is 4. The molecule has 1 heterocycles. The number of aliphatic imine (C=N–C) groups is 1. The molecule has 0 spiro atoms. The Morgan fingerprint density at radius 2 is 2.00 bits per heavy atom. The van der Waals surface area contributed by atoms with E-state index in [-0.39, 0.29) is 28.7 Å². The fraction of sp³-hybridized carbons (Fsp3) is 0.933. The first-order chi connectivity index (χ1) is 9.15. The standard InChI is InChI=1S/C15H31N3OS.HI/c1-7-16-13(18-10-8-15(5,6)12-18)17-9-11-20(19)14(2,3)4;/h7-12H2,1-6H3,(H,16,17);1H. The van der Waals surface area contributed by atoms with Crippen molar-refractivity contribution in [2.45, 2.75) is 52.7 Å². The minimum absolute atomic E-state index is 0. The monoisotopic (exact) mass is 429 g/mol. The fourth-order valence-corrected chi connectivity index (χ4v) is 3.13. The molecule has 1 aliphatic rings. The molecule has 1 N–H and O–H groups in total. The third kappa shape index (κ3) is 7.30. The molecule has 0 saturated carbocycles. The van der Waals surface area contributed by atoms with Gasteiger partial charge in [0.2, 0.25) is 0 Å². The van der Waals surface area contributed by atoms with E-state index in [1.54, 1.807) is 0 Å². The lowest BCUT2D eigenvalue weighted by molar-refractivity contribution is 0.370. The molecule has 0 aliphatic carbocycles. The molecule has 0 aromatic rings. The van der Waals surface area contributed by atoms with E-state index >= 15 is 0 Å². The van der Waals surface area contributed by atoms with Gasteiger partial charge in [-0.1, -0.05) is 13.8 Å². The SMILES string of the molecule is CCNC(=NCCS(=O)C(C)(C)C)N1CCC(C)(C)C1.I. The van der Waals surface area contributed by atoms with E-state index < -0.39 is 10.8 Å². The Kier molecular flexibility index (Phi) is 8.76. The van der Waals surface area contributed by atoms with Crippen LogP contribution >= 0.6 is 24.0 Å². The number of hydrogen-bond donors (Lipinski definition) is 1. The van der Waals surface area contributed by atoms with Crippen LogP contribution in [0.2, 0.25) is 0 Å². The van der Waals surface area contributed by atoms with Crippen molar-refractivity contribution in [3.63, 3.8) is 0 Å². The maximum atomic E-state index is 12.0. The van der Waals surface area contributed by atoms with E-state index in [0.29, 0.717) is 17.7 Å². The van der Waals surface area contributed by atoms with Gasteiger partial charge in [-0.15, -0.1) is 24.0 Å². The molecule has 1 atom stereocenters. The van der Waals surface area contributed by atoms with Crippen molar-refractivity contribution >= 4 is 40.7 Å². The third-order valence-corrected chi connectivity index (χ3v) is 5.45. The quantitative estimate of drug-likeness (QED) is 0.425. The molecule has 1 unspecified atom stereocenters. The number of likely N-dealkylation sites (tertiary alicyclic amines) is 1. The van der Waals surface area contributed by atoms with Crippen molar-refractivity contribution in [1.29, 1.82) is 0 Å². The van der Waals surface area contributed by atoms with Gasteiger partial charge in [0.05, 0.1) is 6.54 Å². The normalized spacial score (nSPS) is 20.1. The molecule has 0 aromatic heterocycles. The average molecular weight is 429 g/mol. The average Bonchev–Trinajstić information content (AvgIpc) is 2.67. The van der Waals surface area contributed by atoms with Crippen molar-refractivity contribution in [3.05, 3.63) is 0 Å². The molecule has 0 radical (unpaired) electrons. The molecule has 4 nitrogen and oxygen atoms in total. The summed E-state index contributed by atoms with van der Waals surface area (Å²) in [6, 6.07) is 0. The summed E-state index contributed by atoms with van der Waals surface area (Å²) in [7, 11) is -0.828. The minimum Gasteiger partial charge on any atom is -0.357 e. The summed E-state index contributed by atoms with van der Waals surface area (Å²) < 4.78 is 11.9. The maximum absolute atomic E-state index is 12.0. The van der Waals surface area contributed by atoms with Gasteiger partial charge >= 0.3 is 0 Å². The van der Waals surface area contributed by atoms with Crippen LogP contribution in [0.15, 0.2) is 4.99 Å². The Balaban J connectivity index is 0.00000400. The number of nitrogens with zero attached hydrogens (tertiary/aromatic N) is 2. The van der Waals surface area contributed by atoms with E-state index in [4.69, 9.17) is 0 Å². The van der Waals surface area contributed by atoms with Gasteiger partial charge in [0.15, 0.2) is 5.96 Å². The molecular weight excluding hydrogens is 397 g/mol. The summed E-state index contributed by atoms with van der Waals surface area (Å²) in [4.78, 5) is 6.98. The van der Waals surface area contributed by atoms with Crippen molar-refractivity contribution in [3.8, 4) is 0 Å². The Morgan fingerprint density at radius 1 is 1.38 bits per heavy atom. The summed E-state index contributed by atoms with van der Waals surface area (Å²) in [5, 5.41) is 3.35. The summed E-state index contributed by atoms with van der Waals surface area (Å²) in [6.07, 6.45) is 1.20. The van der Waals surface area contributed by atoms with E-state index in [0.717, 1.165) is 25.6 Å². The Morgan fingerprint density at radius 3 is 2.43 bits per heavy atom. The molecule has 6 heteroatoms. The van der Waals surface area contributed by atoms with Crippen molar-refractivity contribution in [1.82, 2.24) is 10.2 Å². The third-order valence-electron chi connectivity index (χ3n) is 3.53. The molecule has 21 heavy (non-hydrogen) atoms. The second kappa shape index (κ2) is 8.70. The van der Waals surface area contributed by atoms with Gasteiger partial charge in [-0.05, 0) is 39.5 Å². The van der Waals surface area contributed by atoms with E-state index in [1.807, 2.05) is 20.8 Å². The van der Waals surface area contributed by atoms with E-state index in [1.165, 1.54) is 6.42 Å². The van der Waals surface area contributed by atoms with Gasteiger partial charge in [-0.25, -0.2) is 0 Å². The molecule has 126 valence electrons. The van der Waals surface area contributed by atoms with E-state index in [9.17, 15) is 4.21 Å². The number of halogens is 1. The van der Waals surface area contributed by atoms with Crippen molar-refractivity contribution < 1.29 is 4.21 Å². The van der Waals surface area contributed by atoms with Gasteiger partial charge in [0.1, 0.15) is 0 Å². The van der Waals surface area contributed by atoms with Gasteiger partial charge in [0.25, 0.3) is 0 Å². The maximum Gasteiger partial charge on any atom is 0.193 e. The van der Waals surface area contributed by atoms with Crippen LogP contribution in [0.5, 0.6) is 0 Å². The zero-order chi connectivity index (χ0) is 15.4. The highest BCUT2D eigenvalue weighted by atomic mass is 127. The number of nitrogens with one attached hydrogen (secondary N) is 1. The number of hydrogen-bond acceptors (Lipinski definition) is 2. The summed E-state index contributed by atoms with van der Waals surface area (Å²) in [5.74, 6) is 1.61. The topological polar surface area (TPSA) is 44.7 Å². The predicted molar refractivity (Wildman–Crippen MR) is 104 cm³/mol. The van der Waals surface area contributed by atoms with Gasteiger partial charge in [-0.3, -0.25) is 9.20 Å². The van der Waals surface area contributed by atoms with Crippen LogP contribution in [0.4, 0.5) is 0 Å². The molecule has 0 amide bonds. The molecule has 0 aromatic carbocycles. The van der Waals surface area contributed by atoms with Crippen LogP contribution in [0.1, 0.15) is 48.0 Å². The van der Waals surface area contributed by atoms with Crippen LogP contribution in [-0.4, -0.2) is 51.7 Å². The zero-order valence-electron chi connectivity index (χ0n) is 14.4. The van der Waals surface area contributed by atoms with Gasteiger partial charge < -0.3 is 10.2 Å². The second-order valence-electron chi connectivity index (χ2n) is 7.23. The smallest absolute Gasteiger partial charge is 0.193 e. The first-order valence-electron chi connectivity index (χ1n) is 7.57. The largest absolute Gasteiger partial charge is 0.357 e. The van der Waals surface area contributed by atoms with Crippen LogP contribution in [-0.2, 0) is 10.8 Å². The Hall–Kier alpha value is 0.150.